The van der Waals surface area contributed by atoms with Crippen LogP contribution in [-0.4, -0.2) is 22.9 Å². The second-order valence-corrected chi connectivity index (χ2v) is 5.86. The van der Waals surface area contributed by atoms with E-state index in [-0.39, 0.29) is 6.61 Å². The fraction of sp³-hybridized carbons (Fsp3) is 0.368. The van der Waals surface area contributed by atoms with Crippen molar-refractivity contribution in [2.75, 3.05) is 6.61 Å². The maximum absolute atomic E-state index is 9.76. The van der Waals surface area contributed by atoms with Gasteiger partial charge in [0.2, 0.25) is 0 Å². The fourth-order valence-corrected chi connectivity index (χ4v) is 3.07. The molecule has 0 unspecified atom stereocenters. The summed E-state index contributed by atoms with van der Waals surface area (Å²) in [5, 5.41) is 18.9. The van der Waals surface area contributed by atoms with E-state index in [1.165, 1.54) is 11.1 Å². The normalized spacial score (nSPS) is 14.6. The molecular weight excluding hydrogens is 276 g/mol. The smallest absolute Gasteiger partial charge is 0.126 e. The van der Waals surface area contributed by atoms with E-state index in [0.717, 1.165) is 36.1 Å². The molecule has 0 amide bonds. The molecular formula is C19H22O3. The summed E-state index contributed by atoms with van der Waals surface area (Å²) in [7, 11) is 0. The third-order valence-electron chi connectivity index (χ3n) is 4.20. The zero-order chi connectivity index (χ0) is 15.4. The van der Waals surface area contributed by atoms with Crippen LogP contribution in [0.25, 0.3) is 0 Å². The van der Waals surface area contributed by atoms with Crippen LogP contribution >= 0.6 is 0 Å². The highest BCUT2D eigenvalue weighted by Gasteiger charge is 2.20. The van der Waals surface area contributed by atoms with Gasteiger partial charge in [-0.3, -0.25) is 0 Å². The van der Waals surface area contributed by atoms with Gasteiger partial charge in [0, 0.05) is 6.42 Å². The summed E-state index contributed by atoms with van der Waals surface area (Å²) >= 11 is 0. The van der Waals surface area contributed by atoms with Crippen molar-refractivity contribution in [1.82, 2.24) is 0 Å². The van der Waals surface area contributed by atoms with Crippen molar-refractivity contribution >= 4 is 0 Å². The molecule has 1 aliphatic rings. The minimum atomic E-state index is -0.737. The van der Waals surface area contributed by atoms with Crippen molar-refractivity contribution in [2.24, 2.45) is 0 Å². The van der Waals surface area contributed by atoms with E-state index in [0.29, 0.717) is 13.0 Å². The largest absolute Gasteiger partial charge is 0.488 e. The monoisotopic (exact) mass is 298 g/mol. The Hall–Kier alpha value is -1.84. The maximum atomic E-state index is 9.76. The summed E-state index contributed by atoms with van der Waals surface area (Å²) in [5.74, 6) is 0.909. The number of hydrogen-bond acceptors (Lipinski definition) is 3. The molecule has 0 saturated heterocycles. The van der Waals surface area contributed by atoms with Gasteiger partial charge in [0.25, 0.3) is 0 Å². The van der Waals surface area contributed by atoms with Crippen LogP contribution in [0.1, 0.15) is 28.7 Å². The molecule has 0 saturated carbocycles. The van der Waals surface area contributed by atoms with E-state index < -0.39 is 6.10 Å². The Bertz CT molecular complexity index is 622. The second kappa shape index (κ2) is 6.95. The van der Waals surface area contributed by atoms with Gasteiger partial charge in [-0.1, -0.05) is 42.5 Å². The summed E-state index contributed by atoms with van der Waals surface area (Å²) in [6, 6.07) is 14.3. The van der Waals surface area contributed by atoms with Crippen LogP contribution in [0, 0.1) is 0 Å². The molecule has 1 aliphatic carbocycles. The summed E-state index contributed by atoms with van der Waals surface area (Å²) in [5.41, 5.74) is 4.74. The van der Waals surface area contributed by atoms with Gasteiger partial charge in [0.15, 0.2) is 0 Å². The Labute approximate surface area is 131 Å². The molecule has 0 fully saturated rings. The van der Waals surface area contributed by atoms with Crippen LogP contribution in [0.4, 0.5) is 0 Å². The minimum absolute atomic E-state index is 0.227. The second-order valence-electron chi connectivity index (χ2n) is 5.86. The van der Waals surface area contributed by atoms with Gasteiger partial charge in [0.05, 0.1) is 12.7 Å². The summed E-state index contributed by atoms with van der Waals surface area (Å²) < 4.78 is 6.12. The maximum Gasteiger partial charge on any atom is 0.126 e. The Morgan fingerprint density at radius 1 is 1.05 bits per heavy atom. The van der Waals surface area contributed by atoms with Gasteiger partial charge in [-0.2, -0.15) is 0 Å². The van der Waals surface area contributed by atoms with Crippen LogP contribution in [-0.2, 0) is 25.9 Å². The molecule has 0 bridgehead atoms. The molecule has 2 N–H and O–H groups in total. The summed E-state index contributed by atoms with van der Waals surface area (Å²) in [6.45, 7) is 0.300. The zero-order valence-corrected chi connectivity index (χ0v) is 12.7. The van der Waals surface area contributed by atoms with Gasteiger partial charge < -0.3 is 14.9 Å². The van der Waals surface area contributed by atoms with Crippen LogP contribution in [0.15, 0.2) is 42.5 Å². The van der Waals surface area contributed by atoms with Crippen molar-refractivity contribution in [1.29, 1.82) is 0 Å². The topological polar surface area (TPSA) is 49.7 Å². The van der Waals surface area contributed by atoms with Crippen molar-refractivity contribution in [3.8, 4) is 5.75 Å². The first-order valence-electron chi connectivity index (χ1n) is 7.87. The van der Waals surface area contributed by atoms with Gasteiger partial charge in [-0.15, -0.1) is 0 Å². The van der Waals surface area contributed by atoms with Crippen LogP contribution in [0.2, 0.25) is 0 Å². The van der Waals surface area contributed by atoms with Gasteiger partial charge in [-0.05, 0) is 41.5 Å². The molecule has 0 heterocycles. The number of ether oxygens (including phenoxy) is 1. The third kappa shape index (κ3) is 3.32. The average molecular weight is 298 g/mol. The first kappa shape index (κ1) is 15.1. The summed E-state index contributed by atoms with van der Waals surface area (Å²) in [4.78, 5) is 0. The molecule has 0 radical (unpaired) electrons. The Kier molecular flexibility index (Phi) is 4.76. The summed E-state index contributed by atoms with van der Waals surface area (Å²) in [6.07, 6.45) is 2.97. The molecule has 0 spiro atoms. The van der Waals surface area contributed by atoms with Crippen LogP contribution in [0.3, 0.4) is 0 Å². The molecule has 3 rings (SSSR count). The van der Waals surface area contributed by atoms with E-state index >= 15 is 0 Å². The average Bonchev–Trinajstić information content (AvgIpc) is 3.03. The van der Waals surface area contributed by atoms with Gasteiger partial charge in [-0.25, -0.2) is 0 Å². The van der Waals surface area contributed by atoms with Crippen molar-refractivity contribution < 1.29 is 14.9 Å². The van der Waals surface area contributed by atoms with Crippen LogP contribution in [0.5, 0.6) is 5.75 Å². The number of benzene rings is 2. The Balaban J connectivity index is 1.85. The molecule has 22 heavy (non-hydrogen) atoms. The predicted octanol–water partition coefficient (Wildman–Crippen LogP) is 2.65. The first-order chi connectivity index (χ1) is 10.8. The lowest BCUT2D eigenvalue weighted by molar-refractivity contribution is 0.0947. The quantitative estimate of drug-likeness (QED) is 0.862. The lowest BCUT2D eigenvalue weighted by atomic mass is 10.00. The van der Waals surface area contributed by atoms with Crippen molar-refractivity contribution in [2.45, 2.75) is 38.4 Å². The Morgan fingerprint density at radius 3 is 2.64 bits per heavy atom. The molecule has 2 aromatic rings. The van der Waals surface area contributed by atoms with E-state index in [1.807, 2.05) is 36.4 Å². The van der Waals surface area contributed by atoms with E-state index in [4.69, 9.17) is 9.84 Å². The lowest BCUT2D eigenvalue weighted by Crippen LogP contribution is -2.16. The molecule has 0 aromatic heterocycles. The number of fused-ring (bicyclic) bond motifs is 1. The number of aliphatic hydroxyl groups is 2. The minimum Gasteiger partial charge on any atom is -0.488 e. The van der Waals surface area contributed by atoms with Gasteiger partial charge >= 0.3 is 0 Å². The number of hydrogen-bond donors (Lipinski definition) is 2. The number of aliphatic hydroxyl groups excluding tert-OH is 2. The SMILES string of the molecule is OC[C@H](O)Cc1ccc2c(c1OCc1ccccc1)CCC2. The van der Waals surface area contributed by atoms with Crippen molar-refractivity contribution in [3.05, 3.63) is 64.7 Å². The standard InChI is InChI=1S/C19H22O3/c20-12-17(21)11-16-10-9-15-7-4-8-18(15)19(16)22-13-14-5-2-1-3-6-14/h1-3,5-6,9-10,17,20-21H,4,7-8,11-13H2/t17-/m1/s1. The highest BCUT2D eigenvalue weighted by atomic mass is 16.5. The highest BCUT2D eigenvalue weighted by molar-refractivity contribution is 5.49. The highest BCUT2D eigenvalue weighted by Crippen LogP contribution is 2.35. The fourth-order valence-electron chi connectivity index (χ4n) is 3.07. The van der Waals surface area contributed by atoms with Crippen molar-refractivity contribution in [3.63, 3.8) is 0 Å². The third-order valence-corrected chi connectivity index (χ3v) is 4.20. The predicted molar refractivity (Wildman–Crippen MR) is 86.0 cm³/mol. The zero-order valence-electron chi connectivity index (χ0n) is 12.7. The molecule has 3 nitrogen and oxygen atoms in total. The molecule has 0 aliphatic heterocycles. The molecule has 2 aromatic carbocycles. The molecule has 3 heteroatoms. The van der Waals surface area contributed by atoms with E-state index in [1.54, 1.807) is 0 Å². The van der Waals surface area contributed by atoms with E-state index in [2.05, 4.69) is 6.07 Å². The number of rotatable bonds is 6. The van der Waals surface area contributed by atoms with E-state index in [9.17, 15) is 5.11 Å². The lowest BCUT2D eigenvalue weighted by Gasteiger charge is -2.17. The Morgan fingerprint density at radius 2 is 1.86 bits per heavy atom. The van der Waals surface area contributed by atoms with Gasteiger partial charge in [0.1, 0.15) is 12.4 Å². The van der Waals surface area contributed by atoms with Crippen LogP contribution < -0.4 is 4.74 Å². The first-order valence-corrected chi connectivity index (χ1v) is 7.87. The molecule has 1 atom stereocenters. The molecule has 116 valence electrons. The number of aryl methyl sites for hydroxylation is 1.